The molecule has 123 heavy (non-hydrogen) atoms. The van der Waals surface area contributed by atoms with Crippen LogP contribution in [0.25, 0.3) is 0 Å². The Morgan fingerprint density at radius 1 is 0.293 bits per heavy atom. The molecule has 0 saturated heterocycles. The van der Waals surface area contributed by atoms with Gasteiger partial charge in [0.15, 0.2) is 0 Å². The van der Waals surface area contributed by atoms with E-state index in [-0.39, 0.29) is 139 Å². The van der Waals surface area contributed by atoms with Crippen LogP contribution in [0.1, 0.15) is 398 Å². The molecule has 0 aromatic rings. The van der Waals surface area contributed by atoms with Gasteiger partial charge in [-0.3, -0.25) is 62.3 Å². The minimum Gasteiger partial charge on any atom is -0.481 e. The molecule has 0 bridgehead atoms. The van der Waals surface area contributed by atoms with Crippen molar-refractivity contribution in [2.45, 2.75) is 425 Å². The van der Waals surface area contributed by atoms with E-state index < -0.39 is 101 Å². The van der Waals surface area contributed by atoms with Crippen molar-refractivity contribution in [1.29, 1.82) is 0 Å². The molecule has 0 unspecified atom stereocenters. The smallest absolute Gasteiger partial charge is 0.326 e. The molecule has 0 fully saturated rings. The predicted molar refractivity (Wildman–Crippen MR) is 475 cm³/mol. The van der Waals surface area contributed by atoms with Crippen LogP contribution in [0.2, 0.25) is 0 Å². The highest BCUT2D eigenvalue weighted by atomic mass is 16.4. The second-order valence-corrected chi connectivity index (χ2v) is 34.7. The van der Waals surface area contributed by atoms with Crippen LogP contribution >= 0.6 is 0 Å². The molecule has 712 valence electrons. The summed E-state index contributed by atoms with van der Waals surface area (Å²) in [6.45, 7) is 12.3. The average molecular weight is 1750 g/mol. The van der Waals surface area contributed by atoms with Crippen LogP contribution in [0.5, 0.6) is 0 Å². The third-order valence-corrected chi connectivity index (χ3v) is 21.9. The second-order valence-electron chi connectivity index (χ2n) is 34.7. The maximum Gasteiger partial charge on any atom is 0.326 e. The summed E-state index contributed by atoms with van der Waals surface area (Å²) in [5.41, 5.74) is 11.7. The molecule has 0 heterocycles. The number of hydrogen-bond acceptors (Lipinski definition) is 19. The van der Waals surface area contributed by atoms with Gasteiger partial charge >= 0.3 is 35.8 Å². The number of hydrogen-bond donors (Lipinski definition) is 15. The molecule has 0 aliphatic rings. The second kappa shape index (κ2) is 75.1. The van der Waals surface area contributed by atoms with Gasteiger partial charge in [0.05, 0.1) is 18.0 Å². The Morgan fingerprint density at radius 3 is 0.902 bits per heavy atom. The average Bonchev–Trinajstić information content (AvgIpc) is 0.908. The molecule has 17 N–H and O–H groups in total. The van der Waals surface area contributed by atoms with E-state index in [9.17, 15) is 102 Å². The molecule has 8 atom stereocenters. The number of carbonyl (C=O) groups is 17. The van der Waals surface area contributed by atoms with E-state index in [0.29, 0.717) is 109 Å². The first-order chi connectivity index (χ1) is 58.4. The van der Waals surface area contributed by atoms with Gasteiger partial charge in [-0.1, -0.05) is 201 Å². The van der Waals surface area contributed by atoms with Crippen LogP contribution in [0.4, 0.5) is 0 Å². The van der Waals surface area contributed by atoms with Crippen molar-refractivity contribution in [2.75, 3.05) is 26.2 Å². The first kappa shape index (κ1) is 117. The van der Waals surface area contributed by atoms with Crippen LogP contribution in [0, 0.1) is 23.2 Å². The maximum atomic E-state index is 12.6. The zero-order valence-electron chi connectivity index (χ0n) is 75.6. The van der Waals surface area contributed by atoms with Crippen LogP contribution in [0.15, 0.2) is 0 Å². The Balaban J connectivity index is -0.00000115. The van der Waals surface area contributed by atoms with Gasteiger partial charge in [0.1, 0.15) is 41.3 Å². The van der Waals surface area contributed by atoms with Crippen molar-refractivity contribution < 1.29 is 115 Å². The molecule has 0 radical (unpaired) electrons. The lowest BCUT2D eigenvalue weighted by molar-refractivity contribution is -0.145. The van der Waals surface area contributed by atoms with Gasteiger partial charge < -0.3 is 84.1 Å². The van der Waals surface area contributed by atoms with Crippen LogP contribution in [0.3, 0.4) is 0 Å². The summed E-state index contributed by atoms with van der Waals surface area (Å²) in [6.07, 6.45) is 36.7. The Morgan fingerprint density at radius 2 is 0.585 bits per heavy atom. The van der Waals surface area contributed by atoms with Crippen LogP contribution in [-0.2, 0) is 81.5 Å². The largest absolute Gasteiger partial charge is 0.481 e. The first-order valence-electron chi connectivity index (χ1n) is 46.2. The summed E-state index contributed by atoms with van der Waals surface area (Å²) < 4.78 is 0. The van der Waals surface area contributed by atoms with Crippen molar-refractivity contribution in [3.63, 3.8) is 0 Å². The topological polar surface area (TPSA) is 548 Å². The molecular formula is C91H165N9O23. The Kier molecular flexibility index (Phi) is 71.3. The molecule has 0 aromatic carbocycles. The number of carboxylic acids is 6. The molecule has 0 spiro atoms. The zero-order valence-corrected chi connectivity index (χ0v) is 75.6. The summed E-state index contributed by atoms with van der Waals surface area (Å²) in [7, 11) is 0. The Hall–Kier alpha value is -8.29. The van der Waals surface area contributed by atoms with E-state index in [0.717, 1.165) is 122 Å². The lowest BCUT2D eigenvalue weighted by Gasteiger charge is -2.19. The Bertz CT molecular complexity index is 3090. The first-order valence-corrected chi connectivity index (χ1v) is 46.2. The van der Waals surface area contributed by atoms with Crippen molar-refractivity contribution in [1.82, 2.24) is 37.2 Å². The highest BCUT2D eigenvalue weighted by molar-refractivity contribution is 5.89. The minimum atomic E-state index is -1.36. The van der Waals surface area contributed by atoms with Gasteiger partial charge in [0, 0.05) is 111 Å². The monoisotopic (exact) mass is 1750 g/mol. The van der Waals surface area contributed by atoms with Crippen molar-refractivity contribution in [3.05, 3.63) is 0 Å². The summed E-state index contributed by atoms with van der Waals surface area (Å²) in [5, 5.41) is 74.1. The molecular weight excluding hydrogens is 1590 g/mol. The van der Waals surface area contributed by atoms with Crippen LogP contribution in [-0.4, -0.2) is 187 Å². The predicted octanol–water partition coefficient (Wildman–Crippen LogP) is 13.2. The lowest BCUT2D eigenvalue weighted by Crippen LogP contribution is -2.44. The molecule has 0 saturated carbocycles. The number of ketones is 4. The number of amides is 7. The molecule has 0 aliphatic heterocycles. The molecule has 0 aliphatic carbocycles. The molecule has 32 heteroatoms. The zero-order chi connectivity index (χ0) is 92.6. The minimum absolute atomic E-state index is 0. The van der Waals surface area contributed by atoms with Crippen LogP contribution < -0.4 is 48.7 Å². The van der Waals surface area contributed by atoms with Gasteiger partial charge in [-0.25, -0.2) is 14.4 Å². The van der Waals surface area contributed by atoms with E-state index in [4.69, 9.17) is 21.7 Å². The van der Waals surface area contributed by atoms with Gasteiger partial charge in [0.2, 0.25) is 41.4 Å². The number of nitrogens with one attached hydrogen (secondary N) is 7. The SMILES string of the molecule is CC(=O)C[C@@H](CCCCNC(=O)[C@@H](N)CCCCNC(=O)CC[C@H](CC(=O)CC[C@H](NC(=O)CCCCCCCCCCCCCCCCC(=O)O)C(=O)O)C(=O)O)C(C)=O.C[C@H](CCCCNC(=O)[C@@H](N)CCCCNC(=O)CC[C@H](NC(=O)CC[C@H](NC(=O)CCCCCCCCCCCCCCCCC(=O)O)C(=O)O)C(=O)O)CC(=O)C(C)(C)C.[HH].[HH]. The highest BCUT2D eigenvalue weighted by Gasteiger charge is 2.29. The number of carbonyl (C=O) groups excluding carboxylic acids is 11. The summed E-state index contributed by atoms with van der Waals surface area (Å²) in [6, 6.07) is -5.33. The third-order valence-electron chi connectivity index (χ3n) is 21.9. The molecule has 32 nitrogen and oxygen atoms in total. The maximum absolute atomic E-state index is 12.6. The molecule has 0 aromatic heterocycles. The summed E-state index contributed by atoms with van der Waals surface area (Å²) in [4.78, 5) is 203. The molecule has 0 rings (SSSR count). The fraction of sp³-hybridized carbons (Fsp3) is 0.813. The van der Waals surface area contributed by atoms with Gasteiger partial charge in [0.25, 0.3) is 0 Å². The van der Waals surface area contributed by atoms with E-state index in [1.165, 1.54) is 78.1 Å². The van der Waals surface area contributed by atoms with Gasteiger partial charge in [-0.05, 0) is 129 Å². The molecule has 7 amide bonds. The standard InChI is InChI=1S/C46H83N5O11.C45H78N4O12.2H2/c1-34(33-38(52)46(2,3)4)23-19-21-32-49-43(58)35(47)24-20-22-31-48-39(53)29-27-36(44(59)60)51-41(55)30-28-37(45(61)62)50-40(54)25-17-15-13-11-9-7-5-6-8-10-12-14-16-18-26-42(56)57;1-33(50)31-35(34(2)51)21-17-19-30-48-43(57)38(46)22-18-20-29-47-40(53)28-25-36(44(58)59)32-37(52)26-27-39(45(60)61)49-41(54)23-15-13-11-9-7-5-3-4-6-8-10-12-14-16-24-42(55)56;;/h34-37H,5-33,47H2,1-4H3,(H,48,53)(H,49,58)(H,50,54)(H,51,55)(H,56,57)(H,59,60)(H,61,62);35-36,38-39H,3-32,46H2,1-2H3,(H,47,53)(H,48,57)(H,49,54)(H,55,56)(H,58,59)(H,60,61);2*1H/t34-,35+,36+,37+;35-,36-,38+,39+;;/m11../s1. The fourth-order valence-electron chi connectivity index (χ4n) is 14.0. The highest BCUT2D eigenvalue weighted by Crippen LogP contribution is 2.24. The van der Waals surface area contributed by atoms with E-state index >= 15 is 0 Å². The number of nitrogens with two attached hydrogens (primary N) is 2. The normalized spacial score (nSPS) is 13.2. The van der Waals surface area contributed by atoms with Gasteiger partial charge in [-0.2, -0.15) is 0 Å². The third kappa shape index (κ3) is 72.7. The summed E-state index contributed by atoms with van der Waals surface area (Å²) >= 11 is 0. The number of aliphatic carboxylic acids is 6. The number of unbranched alkanes of at least 4 members (excludes halogenated alkanes) is 30. The van der Waals surface area contributed by atoms with E-state index in [2.05, 4.69) is 44.1 Å². The number of Topliss-reactive ketones (excluding diaryl/α,β-unsaturated/α-hetero) is 4. The fourth-order valence-corrected chi connectivity index (χ4v) is 14.0. The van der Waals surface area contributed by atoms with Crippen molar-refractivity contribution in [2.24, 2.45) is 34.6 Å². The quantitative estimate of drug-likeness (QED) is 0.0251. The lowest BCUT2D eigenvalue weighted by atomic mass is 9.84. The number of carboxylic acid groups (broad SMARTS) is 6. The van der Waals surface area contributed by atoms with Gasteiger partial charge in [-0.15, -0.1) is 0 Å². The van der Waals surface area contributed by atoms with E-state index in [1.807, 2.05) is 20.8 Å². The van der Waals surface area contributed by atoms with Crippen molar-refractivity contribution in [3.8, 4) is 0 Å². The van der Waals surface area contributed by atoms with Crippen molar-refractivity contribution >= 4 is 100 Å². The number of rotatable bonds is 82. The Labute approximate surface area is 735 Å². The summed E-state index contributed by atoms with van der Waals surface area (Å²) in [5.74, 6) is -10.8. The van der Waals surface area contributed by atoms with E-state index in [1.54, 1.807) is 0 Å².